The maximum absolute atomic E-state index is 12.5. The van der Waals surface area contributed by atoms with E-state index in [9.17, 15) is 19.2 Å². The third kappa shape index (κ3) is 12.2. The number of benzene rings is 1. The van der Waals surface area contributed by atoms with Crippen LogP contribution in [0.5, 0.6) is 0 Å². The van der Waals surface area contributed by atoms with Gasteiger partial charge in [0.05, 0.1) is 6.42 Å². The van der Waals surface area contributed by atoms with Crippen molar-refractivity contribution in [3.8, 4) is 0 Å². The second-order valence-corrected chi connectivity index (χ2v) is 8.86. The molecule has 0 aromatic heterocycles. The lowest BCUT2D eigenvalue weighted by Crippen LogP contribution is -2.49. The molecule has 0 radical (unpaired) electrons. The number of ether oxygens (including phenoxy) is 3. The highest BCUT2D eigenvalue weighted by Crippen LogP contribution is 2.11. The molecule has 0 aliphatic carbocycles. The molecule has 1 rings (SSSR count). The van der Waals surface area contributed by atoms with Gasteiger partial charge in [-0.3, -0.25) is 9.59 Å². The quantitative estimate of drug-likeness (QED) is 0.474. The van der Waals surface area contributed by atoms with E-state index in [0.717, 1.165) is 5.56 Å². The largest absolute Gasteiger partial charge is 0.461 e. The van der Waals surface area contributed by atoms with Crippen LogP contribution in [-0.4, -0.2) is 47.7 Å². The number of hydrogen-bond donors (Lipinski definition) is 2. The molecule has 0 saturated heterocycles. The predicted molar refractivity (Wildman–Crippen MR) is 113 cm³/mol. The number of nitrogens with one attached hydrogen (secondary N) is 2. The summed E-state index contributed by atoms with van der Waals surface area (Å²) >= 11 is 0. The first-order valence-electron chi connectivity index (χ1n) is 9.94. The molecule has 2 amide bonds. The zero-order chi connectivity index (χ0) is 23.7. The van der Waals surface area contributed by atoms with Gasteiger partial charge in [-0.15, -0.1) is 0 Å². The van der Waals surface area contributed by atoms with Gasteiger partial charge in [-0.2, -0.15) is 0 Å². The number of hydrogen-bond acceptors (Lipinski definition) is 7. The van der Waals surface area contributed by atoms with Crippen molar-refractivity contribution in [2.24, 2.45) is 0 Å². The molecular weight excluding hydrogens is 404 g/mol. The maximum Gasteiger partial charge on any atom is 0.408 e. The van der Waals surface area contributed by atoms with Gasteiger partial charge >= 0.3 is 18.0 Å². The molecule has 1 aromatic carbocycles. The first-order chi connectivity index (χ1) is 14.2. The van der Waals surface area contributed by atoms with Crippen molar-refractivity contribution in [3.63, 3.8) is 0 Å². The van der Waals surface area contributed by atoms with E-state index in [0.29, 0.717) is 0 Å². The highest BCUT2D eigenvalue weighted by molar-refractivity contribution is 5.90. The lowest BCUT2D eigenvalue weighted by atomic mass is 10.1. The fraction of sp³-hybridized carbons (Fsp3) is 0.545. The van der Waals surface area contributed by atoms with E-state index >= 15 is 0 Å². The van der Waals surface area contributed by atoms with E-state index in [1.165, 1.54) is 0 Å². The Morgan fingerprint density at radius 3 is 2.03 bits per heavy atom. The summed E-state index contributed by atoms with van der Waals surface area (Å²) in [5.74, 6) is -2.15. The van der Waals surface area contributed by atoms with E-state index in [1.54, 1.807) is 53.7 Å². The summed E-state index contributed by atoms with van der Waals surface area (Å²) < 4.78 is 15.5. The number of alkyl carbamates (subject to hydrolysis) is 1. The number of esters is 2. The van der Waals surface area contributed by atoms with Crippen molar-refractivity contribution in [1.29, 1.82) is 0 Å². The minimum atomic E-state index is -1.27. The third-order valence-electron chi connectivity index (χ3n) is 3.43. The smallest absolute Gasteiger partial charge is 0.408 e. The van der Waals surface area contributed by atoms with Gasteiger partial charge in [0.15, 0.2) is 0 Å². The molecule has 31 heavy (non-hydrogen) atoms. The summed E-state index contributed by atoms with van der Waals surface area (Å²) in [7, 11) is 0. The zero-order valence-corrected chi connectivity index (χ0v) is 18.9. The van der Waals surface area contributed by atoms with E-state index in [2.05, 4.69) is 10.6 Å². The monoisotopic (exact) mass is 436 g/mol. The van der Waals surface area contributed by atoms with Crippen LogP contribution in [0.2, 0.25) is 0 Å². The molecule has 0 aliphatic heterocycles. The van der Waals surface area contributed by atoms with Crippen LogP contribution in [0.15, 0.2) is 30.3 Å². The molecule has 0 saturated carbocycles. The Kier molecular flexibility index (Phi) is 9.48. The summed E-state index contributed by atoms with van der Waals surface area (Å²) in [6.45, 7) is 9.66. The van der Waals surface area contributed by atoms with E-state index in [-0.39, 0.29) is 6.61 Å². The van der Waals surface area contributed by atoms with Gasteiger partial charge in [0, 0.05) is 0 Å². The first-order valence-corrected chi connectivity index (χ1v) is 9.94. The van der Waals surface area contributed by atoms with Crippen LogP contribution in [0.25, 0.3) is 0 Å². The Morgan fingerprint density at radius 2 is 1.48 bits per heavy atom. The van der Waals surface area contributed by atoms with Gasteiger partial charge in [0.1, 0.15) is 30.4 Å². The van der Waals surface area contributed by atoms with Crippen molar-refractivity contribution in [2.45, 2.75) is 71.8 Å². The van der Waals surface area contributed by atoms with Gasteiger partial charge in [0.2, 0.25) is 5.91 Å². The normalized spacial score (nSPS) is 12.3. The SMILES string of the molecule is CC(C)(C)OC(=O)NCC(=O)N[C@@H](CC(=O)OCc1ccccc1)C(=O)OC(C)(C)C. The molecule has 9 nitrogen and oxygen atoms in total. The molecule has 1 aromatic rings. The zero-order valence-electron chi connectivity index (χ0n) is 18.9. The molecule has 9 heteroatoms. The van der Waals surface area contributed by atoms with Gasteiger partial charge in [-0.25, -0.2) is 9.59 Å². The summed E-state index contributed by atoms with van der Waals surface area (Å²) in [6.07, 6.45) is -1.20. The van der Waals surface area contributed by atoms with Crippen LogP contribution in [-0.2, 0) is 35.2 Å². The molecule has 0 bridgehead atoms. The van der Waals surface area contributed by atoms with Crippen molar-refractivity contribution >= 4 is 23.9 Å². The van der Waals surface area contributed by atoms with Crippen LogP contribution >= 0.6 is 0 Å². The number of carbonyl (C=O) groups is 4. The molecule has 1 atom stereocenters. The predicted octanol–water partition coefficient (Wildman–Crippen LogP) is 2.47. The van der Waals surface area contributed by atoms with Crippen molar-refractivity contribution in [2.75, 3.05) is 6.54 Å². The highest BCUT2D eigenvalue weighted by Gasteiger charge is 2.29. The van der Waals surface area contributed by atoms with Crippen LogP contribution in [0.3, 0.4) is 0 Å². The maximum atomic E-state index is 12.5. The lowest BCUT2D eigenvalue weighted by Gasteiger charge is -2.24. The Morgan fingerprint density at radius 1 is 0.903 bits per heavy atom. The summed E-state index contributed by atoms with van der Waals surface area (Å²) in [5.41, 5.74) is -0.750. The molecule has 0 spiro atoms. The van der Waals surface area contributed by atoms with Crippen molar-refractivity contribution in [1.82, 2.24) is 10.6 Å². The van der Waals surface area contributed by atoms with Gasteiger partial charge < -0.3 is 24.8 Å². The van der Waals surface area contributed by atoms with Gasteiger partial charge in [-0.1, -0.05) is 30.3 Å². The van der Waals surface area contributed by atoms with Crippen LogP contribution < -0.4 is 10.6 Å². The molecular formula is C22H32N2O7. The second kappa shape index (κ2) is 11.3. The fourth-order valence-corrected chi connectivity index (χ4v) is 2.24. The first kappa shape index (κ1) is 25.9. The van der Waals surface area contributed by atoms with Crippen LogP contribution in [0.4, 0.5) is 4.79 Å². The number of amides is 2. The Bertz CT molecular complexity index is 764. The molecule has 0 heterocycles. The topological polar surface area (TPSA) is 120 Å². The highest BCUT2D eigenvalue weighted by atomic mass is 16.6. The van der Waals surface area contributed by atoms with Crippen molar-refractivity contribution < 1.29 is 33.4 Å². The number of rotatable bonds is 8. The third-order valence-corrected chi connectivity index (χ3v) is 3.43. The molecule has 2 N–H and O–H groups in total. The average Bonchev–Trinajstić information content (AvgIpc) is 2.62. The Hall–Kier alpha value is -3.10. The summed E-state index contributed by atoms with van der Waals surface area (Å²) in [4.78, 5) is 48.6. The number of carbonyl (C=O) groups excluding carboxylic acids is 4. The van der Waals surface area contributed by atoms with Crippen LogP contribution in [0, 0.1) is 0 Å². The van der Waals surface area contributed by atoms with E-state index in [4.69, 9.17) is 14.2 Å². The summed E-state index contributed by atoms with van der Waals surface area (Å²) in [5, 5.41) is 4.69. The Labute approximate surface area is 182 Å². The van der Waals surface area contributed by atoms with E-state index in [1.807, 2.05) is 18.2 Å². The molecule has 0 aliphatic rings. The van der Waals surface area contributed by atoms with Crippen molar-refractivity contribution in [3.05, 3.63) is 35.9 Å². The van der Waals surface area contributed by atoms with E-state index < -0.39 is 54.1 Å². The van der Waals surface area contributed by atoms with Crippen LogP contribution in [0.1, 0.15) is 53.5 Å². The Balaban J connectivity index is 2.68. The van der Waals surface area contributed by atoms with Gasteiger partial charge in [-0.05, 0) is 47.1 Å². The second-order valence-electron chi connectivity index (χ2n) is 8.86. The molecule has 0 fully saturated rings. The molecule has 0 unspecified atom stereocenters. The summed E-state index contributed by atoms with van der Waals surface area (Å²) in [6, 6.07) is 7.78. The standard InChI is InChI=1S/C22H32N2O7/c1-21(2,3)30-19(27)16(12-18(26)29-14-15-10-8-7-9-11-15)24-17(25)13-23-20(28)31-22(4,5)6/h7-11,16H,12-14H2,1-6H3,(H,23,28)(H,24,25)/t16-/m0/s1. The lowest BCUT2D eigenvalue weighted by molar-refractivity contribution is -0.162. The minimum Gasteiger partial charge on any atom is -0.461 e. The fourth-order valence-electron chi connectivity index (χ4n) is 2.24. The minimum absolute atomic E-state index is 0.0366. The van der Waals surface area contributed by atoms with Gasteiger partial charge in [0.25, 0.3) is 0 Å². The molecule has 172 valence electrons. The average molecular weight is 437 g/mol.